The van der Waals surface area contributed by atoms with Crippen molar-refractivity contribution < 1.29 is 52.1 Å². The number of fused-ring (bicyclic) bond motifs is 2. The Balaban J connectivity index is 0.000000294. The van der Waals surface area contributed by atoms with Crippen LogP contribution in [0.25, 0.3) is 38.6 Å². The van der Waals surface area contributed by atoms with Gasteiger partial charge in [0.1, 0.15) is 29.1 Å². The maximum absolute atomic E-state index is 14.5. The lowest BCUT2D eigenvalue weighted by atomic mass is 9.85. The molecule has 76 heavy (non-hydrogen) atoms. The number of aldehydes is 1. The number of hydrogen-bond donors (Lipinski definition) is 4. The summed E-state index contributed by atoms with van der Waals surface area (Å²) in [6.45, 7) is 26.3. The number of allylic oxidation sites excluding steroid dienone is 1. The van der Waals surface area contributed by atoms with Crippen molar-refractivity contribution in [3.8, 4) is 39.5 Å². The molecule has 399 valence electrons. The zero-order valence-electron chi connectivity index (χ0n) is 46.4. The van der Waals surface area contributed by atoms with Crippen molar-refractivity contribution in [2.45, 2.75) is 108 Å². The number of imide groups is 1. The molecule has 0 saturated carbocycles. The van der Waals surface area contributed by atoms with Gasteiger partial charge < -0.3 is 29.1 Å². The van der Waals surface area contributed by atoms with Gasteiger partial charge in [-0.15, -0.1) is 0 Å². The van der Waals surface area contributed by atoms with Crippen molar-refractivity contribution in [1.82, 2.24) is 10.3 Å². The van der Waals surface area contributed by atoms with Gasteiger partial charge in [0.15, 0.2) is 11.4 Å². The fraction of sp³-hybridized carbons (Fsp3) is 0.311. The van der Waals surface area contributed by atoms with Crippen LogP contribution in [0.15, 0.2) is 95.7 Å². The van der Waals surface area contributed by atoms with Crippen LogP contribution in [-0.2, 0) is 42.2 Å². The smallest absolute Gasteiger partial charge is 0.497 e. The van der Waals surface area contributed by atoms with Gasteiger partial charge in [-0.25, -0.2) is 13.6 Å². The second-order valence-corrected chi connectivity index (χ2v) is 18.6. The largest absolute Gasteiger partial charge is 0.792 e. The summed E-state index contributed by atoms with van der Waals surface area (Å²) in [6.07, 6.45) is 3.89. The molecule has 0 fully saturated rings. The Morgan fingerprint density at radius 2 is 1.45 bits per heavy atom. The minimum Gasteiger partial charge on any atom is -0.497 e. The number of esters is 1. The van der Waals surface area contributed by atoms with E-state index in [9.17, 15) is 23.5 Å². The number of benzene rings is 5. The van der Waals surface area contributed by atoms with Gasteiger partial charge >= 0.3 is 13.7 Å². The van der Waals surface area contributed by atoms with Gasteiger partial charge in [0, 0.05) is 46.5 Å². The minimum atomic E-state index is -0.519. The predicted molar refractivity (Wildman–Crippen MR) is 307 cm³/mol. The SMILES string of the molecule is CC.CC(C)(C)c1ccc(-c2ccc3c(c2)-c2ccc(CC=O)c4c(C(=O)NC=O)ccc(c24)O3)cc1.CCOC(=O)C1=C(C)/C(=C(/c2[nH]c(C)c(CC)c2C)c2c(C)cc(OC)cc2C)[N+]([B]F)=C1C.CS.O=CO. The maximum Gasteiger partial charge on any atom is 0.792 e. The Hall–Kier alpha value is -7.52. The van der Waals surface area contributed by atoms with Crippen LogP contribution in [0.4, 0.5) is 4.32 Å². The molecule has 3 N–H and O–H groups in total. The third-order valence-corrected chi connectivity index (χ3v) is 13.2. The number of carboxylic acid groups (broad SMARTS) is 1. The van der Waals surface area contributed by atoms with E-state index in [0.29, 0.717) is 58.9 Å². The number of ether oxygens (including phenoxy) is 3. The molecule has 2 aliphatic rings. The molecule has 0 unspecified atom stereocenters. The average molecular weight is 1050 g/mol. The molecule has 1 aromatic heterocycles. The highest BCUT2D eigenvalue weighted by Gasteiger charge is 2.42. The van der Waals surface area contributed by atoms with Crippen molar-refractivity contribution in [2.75, 3.05) is 20.0 Å². The number of aromatic amines is 1. The van der Waals surface area contributed by atoms with Crippen LogP contribution in [-0.4, -0.2) is 79.0 Å². The molecule has 0 aliphatic carbocycles. The summed E-state index contributed by atoms with van der Waals surface area (Å²) in [7, 11) is 2.17. The van der Waals surface area contributed by atoms with E-state index in [4.69, 9.17) is 24.1 Å². The van der Waals surface area contributed by atoms with Crippen LogP contribution in [0.2, 0.25) is 0 Å². The molecule has 15 heteroatoms. The van der Waals surface area contributed by atoms with E-state index < -0.39 is 11.9 Å². The van der Waals surface area contributed by atoms with Gasteiger partial charge in [-0.1, -0.05) is 84.0 Å². The van der Waals surface area contributed by atoms with Crippen molar-refractivity contribution >= 4 is 73.4 Å². The lowest BCUT2D eigenvalue weighted by Gasteiger charge is -2.24. The zero-order chi connectivity index (χ0) is 56.8. The van der Waals surface area contributed by atoms with Crippen LogP contribution in [0.1, 0.15) is 123 Å². The van der Waals surface area contributed by atoms with Crippen LogP contribution >= 0.6 is 12.6 Å². The van der Waals surface area contributed by atoms with E-state index in [0.717, 1.165) is 91.1 Å². The topological polar surface area (TPSA) is 164 Å². The standard InChI is InChI=1S/C30H25NO4.C27H34BFN2O3.C2H6.CH2O2.CH4S/c1-30(2,3)21-8-4-18(5-9-21)20-7-12-25-24(16-20)22-10-6-19(14-15-32)27-23(29(34)31-17-33)11-13-26(35-25)28(22)27;1-10-21-16(5)25(30-18(21)7)24(22-14(3)12-20(33-9)13-15(22)4)26-17(6)23(27(32)34-11-2)19(8)31(26)28-29;1-2;2-1-3;1-2/h4-13,15-17H,14H2,1-3H3,(H,31,33,34);12-13,30H,10-11H2,1-9H3;1-2H3;1H,(H,2,3);2H,1H3/q;+1;;;. The number of carbonyl (C=O) groups is 5. The molecule has 5 aromatic carbocycles. The molecule has 0 spiro atoms. The van der Waals surface area contributed by atoms with E-state index in [1.165, 1.54) is 15.6 Å². The molecule has 12 nitrogen and oxygen atoms in total. The normalized spacial score (nSPS) is 12.6. The fourth-order valence-electron chi connectivity index (χ4n) is 9.87. The molecular weight excluding hydrogens is 981 g/mol. The number of nitrogens with one attached hydrogen (secondary N) is 2. The minimum absolute atomic E-state index is 0.0780. The summed E-state index contributed by atoms with van der Waals surface area (Å²) in [5.74, 6) is 1.13. The third kappa shape index (κ3) is 12.6. The number of aryl methyl sites for hydroxylation is 3. The van der Waals surface area contributed by atoms with Crippen LogP contribution in [0.5, 0.6) is 17.2 Å². The van der Waals surface area contributed by atoms with Gasteiger partial charge in [0.25, 0.3) is 12.4 Å². The number of halogens is 1. The summed E-state index contributed by atoms with van der Waals surface area (Å²) in [5.41, 5.74) is 16.7. The van der Waals surface area contributed by atoms with Crippen LogP contribution in [0, 0.1) is 27.7 Å². The van der Waals surface area contributed by atoms with Crippen LogP contribution < -0.4 is 14.8 Å². The first-order valence-electron chi connectivity index (χ1n) is 25.1. The summed E-state index contributed by atoms with van der Waals surface area (Å²) in [4.78, 5) is 59.7. The number of amides is 2. The molecule has 0 saturated heterocycles. The maximum atomic E-state index is 14.5. The summed E-state index contributed by atoms with van der Waals surface area (Å²) < 4.78 is 33.0. The van der Waals surface area contributed by atoms with Crippen molar-refractivity contribution in [3.63, 3.8) is 0 Å². The third-order valence-electron chi connectivity index (χ3n) is 13.2. The lowest BCUT2D eigenvalue weighted by molar-refractivity contribution is -0.320. The Kier molecular flexibility index (Phi) is 21.9. The molecule has 3 heterocycles. The monoisotopic (exact) mass is 1050 g/mol. The highest BCUT2D eigenvalue weighted by atomic mass is 32.1. The van der Waals surface area contributed by atoms with Gasteiger partial charge in [-0.3, -0.25) is 19.7 Å². The second kappa shape index (κ2) is 27.3. The first kappa shape index (κ1) is 61.0. The highest BCUT2D eigenvalue weighted by molar-refractivity contribution is 7.79. The number of nitrogens with zero attached hydrogens (tertiary/aromatic N) is 1. The van der Waals surface area contributed by atoms with Crippen molar-refractivity contribution in [2.24, 2.45) is 0 Å². The molecule has 8 rings (SSSR count). The number of aromatic nitrogens is 1. The number of rotatable bonds is 12. The number of hydrogen-bond acceptors (Lipinski definition) is 9. The summed E-state index contributed by atoms with van der Waals surface area (Å²) in [6, 6.07) is 25.8. The van der Waals surface area contributed by atoms with E-state index in [2.05, 4.69) is 94.8 Å². The fourth-order valence-corrected chi connectivity index (χ4v) is 9.87. The Labute approximate surface area is 453 Å². The molecular formula is C61H71BFN3O9S+. The summed E-state index contributed by atoms with van der Waals surface area (Å²) in [5, 5.41) is 10.5. The van der Waals surface area contributed by atoms with Gasteiger partial charge in [0.05, 0.1) is 25.0 Å². The number of H-pyrrole nitrogens is 1. The van der Waals surface area contributed by atoms with E-state index >= 15 is 0 Å². The van der Waals surface area contributed by atoms with Gasteiger partial charge in [-0.05, 0) is 152 Å². The zero-order valence-corrected chi connectivity index (χ0v) is 47.3. The molecule has 0 atom stereocenters. The molecule has 2 aliphatic heterocycles. The predicted octanol–water partition coefficient (Wildman–Crippen LogP) is 12.9. The number of thiol groups is 1. The second-order valence-electron chi connectivity index (χ2n) is 18.6. The Bertz CT molecular complexity index is 3210. The highest BCUT2D eigenvalue weighted by Crippen LogP contribution is 2.49. The first-order chi connectivity index (χ1) is 36.3. The number of methoxy groups -OCH3 is 1. The quantitative estimate of drug-likeness (QED) is 0.0403. The van der Waals surface area contributed by atoms with E-state index in [1.54, 1.807) is 39.3 Å². The van der Waals surface area contributed by atoms with Crippen molar-refractivity contribution in [1.29, 1.82) is 0 Å². The lowest BCUT2D eigenvalue weighted by Crippen LogP contribution is -2.22. The molecule has 1 radical (unpaired) electrons. The average Bonchev–Trinajstić information content (AvgIpc) is 3.84. The first-order valence-corrected chi connectivity index (χ1v) is 26.0. The van der Waals surface area contributed by atoms with Crippen molar-refractivity contribution in [3.05, 3.63) is 152 Å². The molecule has 2 amide bonds. The summed E-state index contributed by atoms with van der Waals surface area (Å²) >= 11 is 3.53. The van der Waals surface area contributed by atoms with Gasteiger partial charge in [0.2, 0.25) is 6.41 Å². The number of carbonyl (C=O) groups excluding carboxylic acids is 4. The van der Waals surface area contributed by atoms with E-state index in [1.807, 2.05) is 71.0 Å². The Morgan fingerprint density at radius 1 is 0.842 bits per heavy atom. The Morgan fingerprint density at radius 3 is 1.97 bits per heavy atom. The van der Waals surface area contributed by atoms with Gasteiger partial charge in [-0.2, -0.15) is 12.6 Å². The van der Waals surface area contributed by atoms with E-state index in [-0.39, 0.29) is 24.9 Å². The molecule has 0 bridgehead atoms. The van der Waals surface area contributed by atoms with Crippen LogP contribution in [0.3, 0.4) is 0 Å². The molecule has 6 aromatic rings.